The summed E-state index contributed by atoms with van der Waals surface area (Å²) in [4.78, 5) is 16.5. The number of hydrogen-bond acceptors (Lipinski definition) is 4. The fraction of sp³-hybridized carbons (Fsp3) is 0.200. The molecule has 6 heteroatoms. The van der Waals surface area contributed by atoms with Crippen LogP contribution in [0.3, 0.4) is 0 Å². The zero-order chi connectivity index (χ0) is 18.4. The molecular weight excluding hydrogens is 328 g/mol. The van der Waals surface area contributed by atoms with Gasteiger partial charge in [0.2, 0.25) is 5.91 Å². The lowest BCUT2D eigenvalue weighted by Crippen LogP contribution is -2.41. The maximum Gasteiger partial charge on any atom is 0.237 e. The van der Waals surface area contributed by atoms with Crippen molar-refractivity contribution in [1.29, 1.82) is 0 Å². The van der Waals surface area contributed by atoms with Crippen LogP contribution in [0.15, 0.2) is 67.1 Å². The van der Waals surface area contributed by atoms with Crippen molar-refractivity contribution in [1.82, 2.24) is 14.9 Å². The molecule has 26 heavy (non-hydrogen) atoms. The van der Waals surface area contributed by atoms with Gasteiger partial charge in [0, 0.05) is 25.7 Å². The fourth-order valence-corrected chi connectivity index (χ4v) is 2.64. The molecule has 0 spiro atoms. The molecule has 3 aromatic rings. The van der Waals surface area contributed by atoms with Gasteiger partial charge in [0.1, 0.15) is 5.75 Å². The molecular formula is C20H22N4O2. The number of phenolic OH excluding ortho intramolecular Hbond substituents is 1. The van der Waals surface area contributed by atoms with Gasteiger partial charge in [-0.2, -0.15) is 0 Å². The zero-order valence-electron chi connectivity index (χ0n) is 14.4. The van der Waals surface area contributed by atoms with Gasteiger partial charge >= 0.3 is 0 Å². The van der Waals surface area contributed by atoms with Crippen LogP contribution < -0.4 is 11.1 Å². The minimum absolute atomic E-state index is 0.197. The molecule has 1 aromatic heterocycles. The van der Waals surface area contributed by atoms with E-state index in [0.717, 1.165) is 17.8 Å². The number of nitrogens with zero attached hydrogens (tertiary/aromatic N) is 2. The average molecular weight is 350 g/mol. The number of aromatic hydroxyl groups is 1. The van der Waals surface area contributed by atoms with Crippen LogP contribution in [-0.4, -0.2) is 26.6 Å². The molecule has 0 saturated carbocycles. The first kappa shape index (κ1) is 17.7. The Morgan fingerprint density at radius 2 is 1.85 bits per heavy atom. The predicted molar refractivity (Wildman–Crippen MR) is 99.4 cm³/mol. The lowest BCUT2D eigenvalue weighted by atomic mass is 10.1. The van der Waals surface area contributed by atoms with Gasteiger partial charge in [-0.3, -0.25) is 4.79 Å². The second kappa shape index (κ2) is 8.31. The number of carbonyl (C=O) groups excluding carboxylic acids is 1. The summed E-state index contributed by atoms with van der Waals surface area (Å²) in [7, 11) is 0. The van der Waals surface area contributed by atoms with E-state index in [-0.39, 0.29) is 11.7 Å². The van der Waals surface area contributed by atoms with Crippen molar-refractivity contribution in [3.63, 3.8) is 0 Å². The summed E-state index contributed by atoms with van der Waals surface area (Å²) in [5.41, 5.74) is 8.87. The monoisotopic (exact) mass is 350 g/mol. The first-order valence-electron chi connectivity index (χ1n) is 8.46. The van der Waals surface area contributed by atoms with Gasteiger partial charge in [0.05, 0.1) is 18.1 Å². The minimum atomic E-state index is -0.660. The standard InChI is InChI=1S/C20H22N4O2/c21-19(20(26)22-11-15-6-8-18(25)9-7-15)10-17-13-24(14-23-17)12-16-4-2-1-3-5-16/h1-9,13-14,19,25H,10-12,21H2,(H,22,26). The summed E-state index contributed by atoms with van der Waals surface area (Å²) in [5, 5.41) is 12.1. The van der Waals surface area contributed by atoms with Gasteiger partial charge in [0.15, 0.2) is 0 Å². The molecule has 2 aromatic carbocycles. The average Bonchev–Trinajstić information content (AvgIpc) is 3.08. The van der Waals surface area contributed by atoms with Crippen molar-refractivity contribution in [3.05, 3.63) is 83.9 Å². The first-order valence-corrected chi connectivity index (χ1v) is 8.46. The van der Waals surface area contributed by atoms with E-state index in [2.05, 4.69) is 22.4 Å². The summed E-state index contributed by atoms with van der Waals surface area (Å²) in [5.74, 6) is -0.0291. The second-order valence-electron chi connectivity index (χ2n) is 6.22. The van der Waals surface area contributed by atoms with Gasteiger partial charge in [0.25, 0.3) is 0 Å². The van der Waals surface area contributed by atoms with E-state index in [0.29, 0.717) is 13.0 Å². The number of hydrogen-bond donors (Lipinski definition) is 3. The molecule has 3 rings (SSSR count). The fourth-order valence-electron chi connectivity index (χ4n) is 2.64. The number of nitrogens with two attached hydrogens (primary N) is 1. The molecule has 6 nitrogen and oxygen atoms in total. The Morgan fingerprint density at radius 3 is 2.58 bits per heavy atom. The van der Waals surface area contributed by atoms with Crippen LogP contribution in [0.25, 0.3) is 0 Å². The Hall–Kier alpha value is -3.12. The summed E-state index contributed by atoms with van der Waals surface area (Å²) < 4.78 is 1.98. The number of aromatic nitrogens is 2. The van der Waals surface area contributed by atoms with Crippen LogP contribution in [0.1, 0.15) is 16.8 Å². The number of nitrogens with one attached hydrogen (secondary N) is 1. The number of benzene rings is 2. The van der Waals surface area contributed by atoms with Crippen LogP contribution in [0.2, 0.25) is 0 Å². The highest BCUT2D eigenvalue weighted by atomic mass is 16.3. The third-order valence-electron chi connectivity index (χ3n) is 4.06. The summed E-state index contributed by atoms with van der Waals surface area (Å²) >= 11 is 0. The highest BCUT2D eigenvalue weighted by molar-refractivity contribution is 5.81. The third-order valence-corrected chi connectivity index (χ3v) is 4.06. The number of amides is 1. The third kappa shape index (κ3) is 4.94. The number of carbonyl (C=O) groups is 1. The lowest BCUT2D eigenvalue weighted by molar-refractivity contribution is -0.122. The van der Waals surface area contributed by atoms with E-state index in [9.17, 15) is 9.90 Å². The summed E-state index contributed by atoms with van der Waals surface area (Å²) in [6.07, 6.45) is 4.05. The quantitative estimate of drug-likeness (QED) is 0.606. The van der Waals surface area contributed by atoms with Gasteiger partial charge in [-0.15, -0.1) is 0 Å². The molecule has 1 amide bonds. The van der Waals surface area contributed by atoms with Gasteiger partial charge < -0.3 is 20.7 Å². The molecule has 0 aliphatic rings. The van der Waals surface area contributed by atoms with E-state index >= 15 is 0 Å². The molecule has 0 saturated heterocycles. The summed E-state index contributed by atoms with van der Waals surface area (Å²) in [6.45, 7) is 1.10. The highest BCUT2D eigenvalue weighted by Gasteiger charge is 2.15. The van der Waals surface area contributed by atoms with Crippen molar-refractivity contribution in [3.8, 4) is 5.75 Å². The normalized spacial score (nSPS) is 11.9. The molecule has 0 aliphatic heterocycles. The summed E-state index contributed by atoms with van der Waals surface area (Å²) in [6, 6.07) is 16.1. The molecule has 134 valence electrons. The van der Waals surface area contributed by atoms with Crippen molar-refractivity contribution in [2.75, 3.05) is 0 Å². The van der Waals surface area contributed by atoms with Gasteiger partial charge in [-0.05, 0) is 23.3 Å². The molecule has 4 N–H and O–H groups in total. The highest BCUT2D eigenvalue weighted by Crippen LogP contribution is 2.09. The van der Waals surface area contributed by atoms with Gasteiger partial charge in [-0.1, -0.05) is 42.5 Å². The van der Waals surface area contributed by atoms with Crippen LogP contribution >= 0.6 is 0 Å². The molecule has 1 unspecified atom stereocenters. The number of imidazole rings is 1. The molecule has 1 heterocycles. The SMILES string of the molecule is NC(Cc1cn(Cc2ccccc2)cn1)C(=O)NCc1ccc(O)cc1. The molecule has 1 atom stereocenters. The largest absolute Gasteiger partial charge is 0.508 e. The van der Waals surface area contributed by atoms with Crippen LogP contribution in [-0.2, 0) is 24.3 Å². The number of rotatable bonds is 7. The van der Waals surface area contributed by atoms with Crippen LogP contribution in [0.5, 0.6) is 5.75 Å². The topological polar surface area (TPSA) is 93.2 Å². The van der Waals surface area contributed by atoms with Crippen LogP contribution in [0.4, 0.5) is 0 Å². The second-order valence-corrected chi connectivity index (χ2v) is 6.22. The van der Waals surface area contributed by atoms with Crippen molar-refractivity contribution in [2.24, 2.45) is 5.73 Å². The van der Waals surface area contributed by atoms with Crippen molar-refractivity contribution >= 4 is 5.91 Å². The molecule has 0 bridgehead atoms. The Bertz CT molecular complexity index is 844. The van der Waals surface area contributed by atoms with Crippen LogP contribution in [0, 0.1) is 0 Å². The Labute approximate surface area is 152 Å². The van der Waals surface area contributed by atoms with E-state index in [1.807, 2.05) is 29.0 Å². The molecule has 0 fully saturated rings. The maximum absolute atomic E-state index is 12.2. The Kier molecular flexibility index (Phi) is 5.66. The van der Waals surface area contributed by atoms with E-state index in [1.54, 1.807) is 30.6 Å². The smallest absolute Gasteiger partial charge is 0.237 e. The zero-order valence-corrected chi connectivity index (χ0v) is 14.4. The Morgan fingerprint density at radius 1 is 1.12 bits per heavy atom. The van der Waals surface area contributed by atoms with E-state index in [4.69, 9.17) is 5.73 Å². The van der Waals surface area contributed by atoms with E-state index in [1.165, 1.54) is 5.56 Å². The molecule has 0 radical (unpaired) electrons. The van der Waals surface area contributed by atoms with Crippen molar-refractivity contribution < 1.29 is 9.90 Å². The lowest BCUT2D eigenvalue weighted by Gasteiger charge is -2.11. The minimum Gasteiger partial charge on any atom is -0.508 e. The Balaban J connectivity index is 1.50. The number of phenols is 1. The van der Waals surface area contributed by atoms with Crippen molar-refractivity contribution in [2.45, 2.75) is 25.6 Å². The van der Waals surface area contributed by atoms with E-state index < -0.39 is 6.04 Å². The molecule has 0 aliphatic carbocycles. The predicted octanol–water partition coefficient (Wildman–Crippen LogP) is 1.82. The maximum atomic E-state index is 12.2. The van der Waals surface area contributed by atoms with Gasteiger partial charge in [-0.25, -0.2) is 4.98 Å². The first-order chi connectivity index (χ1) is 12.6.